The zero-order valence-corrected chi connectivity index (χ0v) is 14.5. The fourth-order valence-corrected chi connectivity index (χ4v) is 3.21. The van der Waals surface area contributed by atoms with Gasteiger partial charge in [0.1, 0.15) is 11.9 Å². The second-order valence-corrected chi connectivity index (χ2v) is 6.26. The number of benzene rings is 2. The lowest BCUT2D eigenvalue weighted by atomic mass is 10.0. The molecule has 0 aromatic heterocycles. The van der Waals surface area contributed by atoms with Gasteiger partial charge in [0, 0.05) is 4.47 Å². The molecule has 0 spiro atoms. The van der Waals surface area contributed by atoms with E-state index in [0.29, 0.717) is 6.61 Å². The number of halogens is 2. The summed E-state index contributed by atoms with van der Waals surface area (Å²) in [5.74, 6) is 0.784. The van der Waals surface area contributed by atoms with Gasteiger partial charge in [0.15, 0.2) is 0 Å². The van der Waals surface area contributed by atoms with E-state index in [2.05, 4.69) is 31.9 Å². The Bertz CT molecular complexity index is 611. The Morgan fingerprint density at radius 1 is 1.10 bits per heavy atom. The number of hydrogen-bond acceptors (Lipinski definition) is 2. The third-order valence-electron chi connectivity index (χ3n) is 3.02. The van der Waals surface area contributed by atoms with E-state index in [-0.39, 0.29) is 0 Å². The minimum absolute atomic E-state index is 0.615. The molecule has 0 aliphatic carbocycles. The fourth-order valence-electron chi connectivity index (χ4n) is 1.99. The van der Waals surface area contributed by atoms with Crippen molar-refractivity contribution in [3.05, 3.63) is 62.0 Å². The topological polar surface area (TPSA) is 29.5 Å². The van der Waals surface area contributed by atoms with Crippen molar-refractivity contribution in [3.8, 4) is 5.75 Å². The zero-order valence-electron chi connectivity index (χ0n) is 11.4. The highest BCUT2D eigenvalue weighted by molar-refractivity contribution is 9.10. The minimum atomic E-state index is -0.669. The average molecular weight is 400 g/mol. The van der Waals surface area contributed by atoms with Gasteiger partial charge in [-0.15, -0.1) is 0 Å². The molecule has 2 nitrogen and oxygen atoms in total. The molecule has 20 heavy (non-hydrogen) atoms. The molecule has 106 valence electrons. The van der Waals surface area contributed by atoms with Gasteiger partial charge in [0.25, 0.3) is 0 Å². The molecule has 0 bridgehead atoms. The second-order valence-electron chi connectivity index (χ2n) is 4.55. The zero-order chi connectivity index (χ0) is 14.7. The van der Waals surface area contributed by atoms with Gasteiger partial charge in [-0.25, -0.2) is 0 Å². The first-order valence-corrected chi connectivity index (χ1v) is 7.98. The van der Waals surface area contributed by atoms with E-state index in [4.69, 9.17) is 4.74 Å². The molecule has 1 N–H and O–H groups in total. The van der Waals surface area contributed by atoms with E-state index in [0.717, 1.165) is 31.4 Å². The van der Waals surface area contributed by atoms with Gasteiger partial charge in [-0.1, -0.05) is 34.1 Å². The Morgan fingerprint density at radius 2 is 1.85 bits per heavy atom. The number of aliphatic hydroxyl groups is 1. The van der Waals surface area contributed by atoms with Crippen molar-refractivity contribution in [1.82, 2.24) is 0 Å². The molecule has 0 saturated carbocycles. The standard InChI is InChI=1S/C16H16Br2O2/c1-3-20-15-7-5-11(9-14(15)18)16(19)12-6-4-10(2)8-13(12)17/h4-9,16,19H,3H2,1-2H3. The van der Waals surface area contributed by atoms with Crippen LogP contribution in [0.1, 0.15) is 29.7 Å². The molecule has 1 atom stereocenters. The molecular formula is C16H16Br2O2. The number of aryl methyl sites for hydroxylation is 1. The summed E-state index contributed by atoms with van der Waals surface area (Å²) in [5.41, 5.74) is 2.83. The van der Waals surface area contributed by atoms with Gasteiger partial charge in [-0.05, 0) is 64.7 Å². The lowest BCUT2D eigenvalue weighted by molar-refractivity contribution is 0.219. The summed E-state index contributed by atoms with van der Waals surface area (Å²) in [4.78, 5) is 0. The molecule has 4 heteroatoms. The van der Waals surface area contributed by atoms with E-state index in [1.807, 2.05) is 50.2 Å². The van der Waals surface area contributed by atoms with E-state index < -0.39 is 6.10 Å². The van der Waals surface area contributed by atoms with Gasteiger partial charge >= 0.3 is 0 Å². The predicted molar refractivity (Wildman–Crippen MR) is 88.3 cm³/mol. The number of aliphatic hydroxyl groups excluding tert-OH is 1. The number of hydrogen-bond donors (Lipinski definition) is 1. The molecule has 0 amide bonds. The summed E-state index contributed by atoms with van der Waals surface area (Å²) in [6.07, 6.45) is -0.669. The monoisotopic (exact) mass is 398 g/mol. The Hall–Kier alpha value is -0.840. The second kappa shape index (κ2) is 6.74. The smallest absolute Gasteiger partial charge is 0.133 e. The molecule has 0 heterocycles. The third-order valence-corrected chi connectivity index (χ3v) is 4.33. The maximum atomic E-state index is 10.5. The van der Waals surface area contributed by atoms with Crippen LogP contribution in [0.5, 0.6) is 5.75 Å². The summed E-state index contributed by atoms with van der Waals surface area (Å²) < 4.78 is 7.24. The molecule has 0 fully saturated rings. The Kier molecular flexibility index (Phi) is 5.24. The van der Waals surface area contributed by atoms with Gasteiger partial charge in [0.05, 0.1) is 11.1 Å². The minimum Gasteiger partial charge on any atom is -0.493 e. The predicted octanol–water partition coefficient (Wildman–Crippen LogP) is 5.00. The first kappa shape index (κ1) is 15.5. The summed E-state index contributed by atoms with van der Waals surface area (Å²) in [6.45, 7) is 4.58. The Labute approximate surface area is 136 Å². The van der Waals surface area contributed by atoms with Gasteiger partial charge in [0.2, 0.25) is 0 Å². The van der Waals surface area contributed by atoms with Crippen LogP contribution in [0.25, 0.3) is 0 Å². The normalized spacial score (nSPS) is 12.2. The van der Waals surface area contributed by atoms with Gasteiger partial charge < -0.3 is 9.84 Å². The highest BCUT2D eigenvalue weighted by Gasteiger charge is 2.15. The lowest BCUT2D eigenvalue weighted by Gasteiger charge is -2.15. The van der Waals surface area contributed by atoms with Crippen LogP contribution in [-0.4, -0.2) is 11.7 Å². The molecular weight excluding hydrogens is 384 g/mol. The largest absolute Gasteiger partial charge is 0.493 e. The molecule has 1 unspecified atom stereocenters. The van der Waals surface area contributed by atoms with Crippen molar-refractivity contribution >= 4 is 31.9 Å². The fraction of sp³-hybridized carbons (Fsp3) is 0.250. The van der Waals surface area contributed by atoms with E-state index >= 15 is 0 Å². The summed E-state index contributed by atoms with van der Waals surface area (Å²) >= 11 is 6.98. The molecule has 2 aromatic rings. The summed E-state index contributed by atoms with van der Waals surface area (Å²) in [5, 5.41) is 10.5. The SMILES string of the molecule is CCOc1ccc(C(O)c2ccc(C)cc2Br)cc1Br. The lowest BCUT2D eigenvalue weighted by Crippen LogP contribution is -2.02. The van der Waals surface area contributed by atoms with E-state index in [1.54, 1.807) is 0 Å². The van der Waals surface area contributed by atoms with Crippen LogP contribution >= 0.6 is 31.9 Å². The first-order valence-electron chi connectivity index (χ1n) is 6.39. The van der Waals surface area contributed by atoms with Crippen LogP contribution in [0.3, 0.4) is 0 Å². The molecule has 0 saturated heterocycles. The van der Waals surface area contributed by atoms with Crippen molar-refractivity contribution in [2.45, 2.75) is 20.0 Å². The van der Waals surface area contributed by atoms with Crippen LogP contribution in [0.4, 0.5) is 0 Å². The highest BCUT2D eigenvalue weighted by Crippen LogP contribution is 2.33. The maximum absolute atomic E-state index is 10.5. The van der Waals surface area contributed by atoms with E-state index in [9.17, 15) is 5.11 Å². The Morgan fingerprint density at radius 3 is 2.45 bits per heavy atom. The van der Waals surface area contributed by atoms with Crippen molar-refractivity contribution in [3.63, 3.8) is 0 Å². The summed E-state index contributed by atoms with van der Waals surface area (Å²) in [7, 11) is 0. The maximum Gasteiger partial charge on any atom is 0.133 e. The molecule has 0 aliphatic heterocycles. The van der Waals surface area contributed by atoms with Crippen LogP contribution < -0.4 is 4.74 Å². The number of ether oxygens (including phenoxy) is 1. The summed E-state index contributed by atoms with van der Waals surface area (Å²) in [6, 6.07) is 11.6. The Balaban J connectivity index is 2.33. The van der Waals surface area contributed by atoms with Crippen molar-refractivity contribution in [2.24, 2.45) is 0 Å². The molecule has 2 aromatic carbocycles. The van der Waals surface area contributed by atoms with Crippen LogP contribution in [-0.2, 0) is 0 Å². The van der Waals surface area contributed by atoms with Crippen LogP contribution in [0.15, 0.2) is 45.3 Å². The number of rotatable bonds is 4. The van der Waals surface area contributed by atoms with Crippen molar-refractivity contribution in [1.29, 1.82) is 0 Å². The van der Waals surface area contributed by atoms with Gasteiger partial charge in [-0.3, -0.25) is 0 Å². The average Bonchev–Trinajstić information content (AvgIpc) is 2.40. The van der Waals surface area contributed by atoms with Gasteiger partial charge in [-0.2, -0.15) is 0 Å². The molecule has 0 radical (unpaired) electrons. The highest BCUT2D eigenvalue weighted by atomic mass is 79.9. The van der Waals surface area contributed by atoms with Crippen LogP contribution in [0.2, 0.25) is 0 Å². The van der Waals surface area contributed by atoms with E-state index in [1.165, 1.54) is 0 Å². The third kappa shape index (κ3) is 3.43. The van der Waals surface area contributed by atoms with Crippen LogP contribution in [0, 0.1) is 6.92 Å². The first-order chi connectivity index (χ1) is 9.52. The molecule has 0 aliphatic rings. The van der Waals surface area contributed by atoms with Crippen molar-refractivity contribution < 1.29 is 9.84 Å². The quantitative estimate of drug-likeness (QED) is 0.783. The molecule has 2 rings (SSSR count). The van der Waals surface area contributed by atoms with Crippen molar-refractivity contribution in [2.75, 3.05) is 6.61 Å².